The van der Waals surface area contributed by atoms with Gasteiger partial charge in [-0.25, -0.2) is 0 Å². The highest BCUT2D eigenvalue weighted by molar-refractivity contribution is 5.87. The van der Waals surface area contributed by atoms with Crippen molar-refractivity contribution in [3.05, 3.63) is 42.0 Å². The van der Waals surface area contributed by atoms with Crippen LogP contribution in [0.5, 0.6) is 5.75 Å². The van der Waals surface area contributed by atoms with Crippen molar-refractivity contribution in [2.75, 3.05) is 13.1 Å². The van der Waals surface area contributed by atoms with E-state index in [2.05, 4.69) is 30.9 Å². The van der Waals surface area contributed by atoms with Gasteiger partial charge in [-0.05, 0) is 30.7 Å². The monoisotopic (exact) mass is 271 g/mol. The lowest BCUT2D eigenvalue weighted by molar-refractivity contribution is -0.0705. The van der Waals surface area contributed by atoms with Gasteiger partial charge in [0.25, 0.3) is 0 Å². The summed E-state index contributed by atoms with van der Waals surface area (Å²) in [6, 6.07) is 12.0. The highest BCUT2D eigenvalue weighted by Gasteiger charge is 2.23. The van der Waals surface area contributed by atoms with Crippen LogP contribution in [0.1, 0.15) is 19.4 Å². The minimum Gasteiger partial charge on any atom is -0.508 e. The molecule has 1 heterocycles. The summed E-state index contributed by atoms with van der Waals surface area (Å²) in [6.45, 7) is 6.79. The fourth-order valence-electron chi connectivity index (χ4n) is 3.13. The minimum absolute atomic E-state index is 0.246. The van der Waals surface area contributed by atoms with Gasteiger partial charge < -0.3 is 9.84 Å². The normalized spacial score (nSPS) is 24.1. The molecule has 20 heavy (non-hydrogen) atoms. The molecule has 2 atom stereocenters. The molecule has 2 aromatic carbocycles. The first-order valence-electron chi connectivity index (χ1n) is 7.21. The topological polar surface area (TPSA) is 32.7 Å². The number of morpholine rings is 1. The second-order valence-electron chi connectivity index (χ2n) is 5.74. The number of benzene rings is 2. The second-order valence-corrected chi connectivity index (χ2v) is 5.74. The Hall–Kier alpha value is -1.58. The number of nitrogens with zero attached hydrogens (tertiary/aromatic N) is 1. The van der Waals surface area contributed by atoms with Crippen LogP contribution in [0.15, 0.2) is 36.4 Å². The molecule has 0 unspecified atom stereocenters. The number of ether oxygens (including phenoxy) is 1. The maximum atomic E-state index is 10.2. The summed E-state index contributed by atoms with van der Waals surface area (Å²) in [4.78, 5) is 2.36. The van der Waals surface area contributed by atoms with E-state index in [9.17, 15) is 5.11 Å². The molecule has 1 aliphatic heterocycles. The molecule has 0 spiro atoms. The molecular formula is C17H21NO2. The molecule has 1 saturated heterocycles. The average Bonchev–Trinajstić information content (AvgIpc) is 2.41. The zero-order valence-electron chi connectivity index (χ0n) is 12.0. The van der Waals surface area contributed by atoms with Crippen LogP contribution >= 0.6 is 0 Å². The van der Waals surface area contributed by atoms with Gasteiger partial charge in [0.1, 0.15) is 5.75 Å². The first kappa shape index (κ1) is 13.4. The number of aromatic hydroxyl groups is 1. The summed E-state index contributed by atoms with van der Waals surface area (Å²) >= 11 is 0. The van der Waals surface area contributed by atoms with Gasteiger partial charge in [-0.3, -0.25) is 4.90 Å². The fourth-order valence-corrected chi connectivity index (χ4v) is 3.13. The van der Waals surface area contributed by atoms with E-state index in [0.29, 0.717) is 5.75 Å². The van der Waals surface area contributed by atoms with Crippen molar-refractivity contribution in [2.24, 2.45) is 0 Å². The lowest BCUT2D eigenvalue weighted by Gasteiger charge is -2.35. The maximum absolute atomic E-state index is 10.2. The first-order chi connectivity index (χ1) is 9.63. The largest absolute Gasteiger partial charge is 0.508 e. The lowest BCUT2D eigenvalue weighted by atomic mass is 10.0. The number of hydrogen-bond donors (Lipinski definition) is 1. The van der Waals surface area contributed by atoms with Gasteiger partial charge in [0.05, 0.1) is 12.2 Å². The summed E-state index contributed by atoms with van der Waals surface area (Å²) in [7, 11) is 0. The van der Waals surface area contributed by atoms with E-state index in [1.165, 1.54) is 5.39 Å². The smallest absolute Gasteiger partial charge is 0.120 e. The second kappa shape index (κ2) is 5.43. The molecule has 0 aromatic heterocycles. The molecule has 1 N–H and O–H groups in total. The Morgan fingerprint density at radius 3 is 2.55 bits per heavy atom. The lowest BCUT2D eigenvalue weighted by Crippen LogP contribution is -2.44. The molecule has 3 nitrogen and oxygen atoms in total. The van der Waals surface area contributed by atoms with Crippen molar-refractivity contribution in [1.29, 1.82) is 0 Å². The SMILES string of the molecule is C[C@@H]1CN(Cc2c(O)ccc3ccccc23)C[C@H](C)O1. The Bertz CT molecular complexity index is 601. The average molecular weight is 271 g/mol. The molecule has 1 aliphatic rings. The Labute approximate surface area is 119 Å². The van der Waals surface area contributed by atoms with Crippen LogP contribution in [-0.4, -0.2) is 35.3 Å². The van der Waals surface area contributed by atoms with Crippen LogP contribution in [0.25, 0.3) is 10.8 Å². The molecule has 1 fully saturated rings. The third-order valence-electron chi connectivity index (χ3n) is 3.89. The van der Waals surface area contributed by atoms with Crippen molar-refractivity contribution in [1.82, 2.24) is 4.90 Å². The number of fused-ring (bicyclic) bond motifs is 1. The summed E-state index contributed by atoms with van der Waals surface area (Å²) in [5.74, 6) is 0.385. The summed E-state index contributed by atoms with van der Waals surface area (Å²) in [5.41, 5.74) is 1.02. The van der Waals surface area contributed by atoms with Crippen LogP contribution in [0.3, 0.4) is 0 Å². The standard InChI is InChI=1S/C17H21NO2/c1-12-9-18(10-13(2)20-12)11-16-15-6-4-3-5-14(15)7-8-17(16)19/h3-8,12-13,19H,9-11H2,1-2H3/t12-,13+. The molecule has 0 bridgehead atoms. The van der Waals surface area contributed by atoms with Crippen LogP contribution in [-0.2, 0) is 11.3 Å². The zero-order valence-corrected chi connectivity index (χ0v) is 12.0. The van der Waals surface area contributed by atoms with Gasteiger partial charge in [-0.15, -0.1) is 0 Å². The highest BCUT2D eigenvalue weighted by Crippen LogP contribution is 2.29. The highest BCUT2D eigenvalue weighted by atomic mass is 16.5. The number of rotatable bonds is 2. The van der Waals surface area contributed by atoms with Crippen molar-refractivity contribution in [3.63, 3.8) is 0 Å². The van der Waals surface area contributed by atoms with Gasteiger partial charge in [-0.1, -0.05) is 30.3 Å². The van der Waals surface area contributed by atoms with Crippen molar-refractivity contribution < 1.29 is 9.84 Å². The predicted octanol–water partition coefficient (Wildman–Crippen LogP) is 3.15. The molecule has 0 amide bonds. The molecule has 2 aromatic rings. The van der Waals surface area contributed by atoms with Crippen LogP contribution < -0.4 is 0 Å². The van der Waals surface area contributed by atoms with Gasteiger partial charge in [0.2, 0.25) is 0 Å². The van der Waals surface area contributed by atoms with E-state index in [1.807, 2.05) is 18.2 Å². The maximum Gasteiger partial charge on any atom is 0.120 e. The minimum atomic E-state index is 0.246. The van der Waals surface area contributed by atoms with Crippen LogP contribution in [0.4, 0.5) is 0 Å². The first-order valence-corrected chi connectivity index (χ1v) is 7.21. The Morgan fingerprint density at radius 1 is 1.10 bits per heavy atom. The van der Waals surface area contributed by atoms with E-state index in [-0.39, 0.29) is 12.2 Å². The van der Waals surface area contributed by atoms with Gasteiger partial charge in [0.15, 0.2) is 0 Å². The molecule has 3 rings (SSSR count). The number of hydrogen-bond acceptors (Lipinski definition) is 3. The van der Waals surface area contributed by atoms with Crippen LogP contribution in [0, 0.1) is 0 Å². The van der Waals surface area contributed by atoms with E-state index in [4.69, 9.17) is 4.74 Å². The van der Waals surface area contributed by atoms with E-state index in [0.717, 1.165) is 30.6 Å². The number of phenolic OH excluding ortho intramolecular Hbond substituents is 1. The third kappa shape index (κ3) is 2.65. The molecule has 0 aliphatic carbocycles. The molecular weight excluding hydrogens is 250 g/mol. The summed E-state index contributed by atoms with van der Waals surface area (Å²) < 4.78 is 5.77. The van der Waals surface area contributed by atoms with Crippen molar-refractivity contribution >= 4 is 10.8 Å². The van der Waals surface area contributed by atoms with Gasteiger partial charge >= 0.3 is 0 Å². The molecule has 0 radical (unpaired) electrons. The Kier molecular flexibility index (Phi) is 3.64. The predicted molar refractivity (Wildman–Crippen MR) is 80.9 cm³/mol. The number of phenols is 1. The Balaban J connectivity index is 1.92. The summed E-state index contributed by atoms with van der Waals surface area (Å²) in [5, 5.41) is 12.5. The van der Waals surface area contributed by atoms with Crippen molar-refractivity contribution in [3.8, 4) is 5.75 Å². The van der Waals surface area contributed by atoms with E-state index < -0.39 is 0 Å². The molecule has 0 saturated carbocycles. The van der Waals surface area contributed by atoms with Gasteiger partial charge in [-0.2, -0.15) is 0 Å². The molecule has 3 heteroatoms. The third-order valence-corrected chi connectivity index (χ3v) is 3.89. The quantitative estimate of drug-likeness (QED) is 0.910. The van der Waals surface area contributed by atoms with Crippen LogP contribution in [0.2, 0.25) is 0 Å². The zero-order chi connectivity index (χ0) is 14.1. The fraction of sp³-hybridized carbons (Fsp3) is 0.412. The summed E-state index contributed by atoms with van der Waals surface area (Å²) in [6.07, 6.45) is 0.492. The van der Waals surface area contributed by atoms with E-state index in [1.54, 1.807) is 6.07 Å². The van der Waals surface area contributed by atoms with E-state index >= 15 is 0 Å². The molecule has 106 valence electrons. The Morgan fingerprint density at radius 2 is 1.80 bits per heavy atom. The van der Waals surface area contributed by atoms with Gasteiger partial charge in [0, 0.05) is 25.2 Å². The van der Waals surface area contributed by atoms with Crippen molar-refractivity contribution in [2.45, 2.75) is 32.6 Å².